The quantitative estimate of drug-likeness (QED) is 0.301. The molecule has 2 aromatic rings. The van der Waals surface area contributed by atoms with Gasteiger partial charge in [0.05, 0.1) is 18.8 Å². The Labute approximate surface area is 161 Å². The van der Waals surface area contributed by atoms with E-state index in [1.165, 1.54) is 5.56 Å². The molecule has 2 N–H and O–H groups in total. The van der Waals surface area contributed by atoms with Crippen molar-refractivity contribution in [2.75, 3.05) is 19.7 Å². The molecule has 0 radical (unpaired) electrons. The molecule has 0 saturated heterocycles. The van der Waals surface area contributed by atoms with E-state index < -0.39 is 0 Å². The summed E-state index contributed by atoms with van der Waals surface area (Å²) in [6.07, 6.45) is 1.78. The zero-order valence-corrected chi connectivity index (χ0v) is 16.5. The molecule has 1 aromatic carbocycles. The summed E-state index contributed by atoms with van der Waals surface area (Å²) < 4.78 is 5.69. The molecule has 0 aliphatic heterocycles. The summed E-state index contributed by atoms with van der Waals surface area (Å²) in [5.74, 6) is 1.65. The van der Waals surface area contributed by atoms with Crippen molar-refractivity contribution in [1.29, 1.82) is 0 Å². The molecule has 0 fully saturated rings. The molecule has 5 nitrogen and oxygen atoms in total. The van der Waals surface area contributed by atoms with Gasteiger partial charge < -0.3 is 15.4 Å². The first-order valence-corrected chi connectivity index (χ1v) is 7.89. The van der Waals surface area contributed by atoms with Crippen LogP contribution >= 0.6 is 24.0 Å². The van der Waals surface area contributed by atoms with Crippen molar-refractivity contribution in [3.8, 4) is 5.75 Å². The second kappa shape index (κ2) is 11.7. The molecule has 130 valence electrons. The van der Waals surface area contributed by atoms with Crippen molar-refractivity contribution < 1.29 is 4.74 Å². The minimum absolute atomic E-state index is 0. The smallest absolute Gasteiger partial charge is 0.191 e. The molecule has 0 bridgehead atoms. The topological polar surface area (TPSA) is 58.5 Å². The summed E-state index contributed by atoms with van der Waals surface area (Å²) in [5, 5.41) is 6.47. The van der Waals surface area contributed by atoms with E-state index in [-0.39, 0.29) is 24.0 Å². The number of benzene rings is 1. The van der Waals surface area contributed by atoms with Crippen LogP contribution in [0.25, 0.3) is 0 Å². The van der Waals surface area contributed by atoms with Gasteiger partial charge in [0.2, 0.25) is 0 Å². The van der Waals surface area contributed by atoms with Gasteiger partial charge in [0.25, 0.3) is 0 Å². The second-order valence-electron chi connectivity index (χ2n) is 5.10. The van der Waals surface area contributed by atoms with Gasteiger partial charge in [0.15, 0.2) is 5.96 Å². The number of aliphatic imine (C=N–C) groups is 1. The maximum absolute atomic E-state index is 5.69. The van der Waals surface area contributed by atoms with Crippen LogP contribution in [0.4, 0.5) is 0 Å². The Bertz CT molecular complexity index is 602. The molecule has 6 heteroatoms. The first-order valence-electron chi connectivity index (χ1n) is 7.89. The molecule has 0 amide bonds. The highest BCUT2D eigenvalue weighted by atomic mass is 127. The summed E-state index contributed by atoms with van der Waals surface area (Å²) in [6.45, 7) is 6.73. The van der Waals surface area contributed by atoms with Crippen LogP contribution in [0.3, 0.4) is 0 Å². The highest BCUT2D eigenvalue weighted by Gasteiger charge is 1.98. The molecule has 24 heavy (non-hydrogen) atoms. The number of guanidine groups is 1. The van der Waals surface area contributed by atoms with Crippen LogP contribution in [0.1, 0.15) is 18.2 Å². The van der Waals surface area contributed by atoms with Gasteiger partial charge >= 0.3 is 0 Å². The lowest BCUT2D eigenvalue weighted by atomic mass is 10.2. The Kier molecular flexibility index (Phi) is 9.83. The van der Waals surface area contributed by atoms with Gasteiger partial charge in [-0.3, -0.25) is 4.98 Å². The molecule has 0 unspecified atom stereocenters. The zero-order valence-electron chi connectivity index (χ0n) is 14.2. The molecule has 0 saturated carbocycles. The molecule has 0 spiro atoms. The SMILES string of the molecule is CCNC(=NCc1ccccn1)NCCOc1ccc(C)cc1.I. The van der Waals surface area contributed by atoms with Crippen LogP contribution in [-0.4, -0.2) is 30.6 Å². The van der Waals surface area contributed by atoms with E-state index in [2.05, 4.69) is 27.5 Å². The summed E-state index contributed by atoms with van der Waals surface area (Å²) in [7, 11) is 0. The third-order valence-corrected chi connectivity index (χ3v) is 3.15. The maximum atomic E-state index is 5.69. The van der Waals surface area contributed by atoms with Crippen molar-refractivity contribution in [3.05, 3.63) is 59.9 Å². The lowest BCUT2D eigenvalue weighted by Gasteiger charge is -2.12. The highest BCUT2D eigenvalue weighted by Crippen LogP contribution is 2.10. The van der Waals surface area contributed by atoms with Crippen LogP contribution in [0.5, 0.6) is 5.75 Å². The third kappa shape index (κ3) is 7.63. The van der Waals surface area contributed by atoms with Crippen molar-refractivity contribution in [2.24, 2.45) is 4.99 Å². The van der Waals surface area contributed by atoms with Gasteiger partial charge in [-0.1, -0.05) is 23.8 Å². The van der Waals surface area contributed by atoms with E-state index in [1.54, 1.807) is 6.20 Å². The monoisotopic (exact) mass is 440 g/mol. The maximum Gasteiger partial charge on any atom is 0.191 e. The zero-order chi connectivity index (χ0) is 16.3. The number of aryl methyl sites for hydroxylation is 1. The minimum atomic E-state index is 0. The predicted molar refractivity (Wildman–Crippen MR) is 109 cm³/mol. The van der Waals surface area contributed by atoms with E-state index in [9.17, 15) is 0 Å². The van der Waals surface area contributed by atoms with Crippen molar-refractivity contribution in [2.45, 2.75) is 20.4 Å². The minimum Gasteiger partial charge on any atom is -0.492 e. The van der Waals surface area contributed by atoms with Gasteiger partial charge in [0.1, 0.15) is 12.4 Å². The normalized spacial score (nSPS) is 10.7. The number of pyridine rings is 1. The van der Waals surface area contributed by atoms with Crippen LogP contribution < -0.4 is 15.4 Å². The summed E-state index contributed by atoms with van der Waals surface area (Å²) >= 11 is 0. The van der Waals surface area contributed by atoms with Crippen LogP contribution in [0.15, 0.2) is 53.7 Å². The van der Waals surface area contributed by atoms with Gasteiger partial charge in [-0.25, -0.2) is 4.99 Å². The van der Waals surface area contributed by atoms with Crippen molar-refractivity contribution in [3.63, 3.8) is 0 Å². The average molecular weight is 440 g/mol. The van der Waals surface area contributed by atoms with Gasteiger partial charge in [0, 0.05) is 12.7 Å². The van der Waals surface area contributed by atoms with Crippen molar-refractivity contribution >= 4 is 29.9 Å². The number of hydrogen-bond acceptors (Lipinski definition) is 3. The van der Waals surface area contributed by atoms with Crippen LogP contribution in [0.2, 0.25) is 0 Å². The molecular weight excluding hydrogens is 415 g/mol. The fraction of sp³-hybridized carbons (Fsp3) is 0.333. The van der Waals surface area contributed by atoms with Crippen molar-refractivity contribution in [1.82, 2.24) is 15.6 Å². The fourth-order valence-electron chi connectivity index (χ4n) is 1.97. The third-order valence-electron chi connectivity index (χ3n) is 3.15. The van der Waals surface area contributed by atoms with E-state index in [1.807, 2.05) is 49.4 Å². The number of rotatable bonds is 7. The molecular formula is C18H25IN4O. The molecule has 0 aliphatic rings. The lowest BCUT2D eigenvalue weighted by Crippen LogP contribution is -2.39. The van der Waals surface area contributed by atoms with E-state index in [0.717, 1.165) is 23.9 Å². The predicted octanol–water partition coefficient (Wildman–Crippen LogP) is 3.14. The van der Waals surface area contributed by atoms with E-state index in [0.29, 0.717) is 19.7 Å². The average Bonchev–Trinajstić information content (AvgIpc) is 2.59. The Morgan fingerprint density at radius 2 is 1.92 bits per heavy atom. The number of nitrogens with zero attached hydrogens (tertiary/aromatic N) is 2. The van der Waals surface area contributed by atoms with E-state index in [4.69, 9.17) is 4.74 Å². The first-order chi connectivity index (χ1) is 11.3. The number of aromatic nitrogens is 1. The Morgan fingerprint density at radius 3 is 2.58 bits per heavy atom. The van der Waals surface area contributed by atoms with Gasteiger partial charge in [-0.15, -0.1) is 24.0 Å². The molecule has 0 aliphatic carbocycles. The first kappa shape index (κ1) is 20.2. The van der Waals surface area contributed by atoms with E-state index >= 15 is 0 Å². The summed E-state index contributed by atoms with van der Waals surface area (Å²) in [5.41, 5.74) is 2.17. The number of nitrogens with one attached hydrogen (secondary N) is 2. The molecule has 1 heterocycles. The Morgan fingerprint density at radius 1 is 1.12 bits per heavy atom. The largest absolute Gasteiger partial charge is 0.492 e. The number of halogens is 1. The number of ether oxygens (including phenoxy) is 1. The van der Waals surface area contributed by atoms with Gasteiger partial charge in [-0.2, -0.15) is 0 Å². The molecule has 0 atom stereocenters. The Hall–Kier alpha value is -1.83. The Balaban J connectivity index is 0.00000288. The summed E-state index contributed by atoms with van der Waals surface area (Å²) in [6, 6.07) is 13.9. The fourth-order valence-corrected chi connectivity index (χ4v) is 1.97. The lowest BCUT2D eigenvalue weighted by molar-refractivity contribution is 0.322. The van der Waals surface area contributed by atoms with Crippen LogP contribution in [-0.2, 0) is 6.54 Å². The highest BCUT2D eigenvalue weighted by molar-refractivity contribution is 14.0. The molecule has 1 aromatic heterocycles. The number of hydrogen-bond donors (Lipinski definition) is 2. The summed E-state index contributed by atoms with van der Waals surface area (Å²) in [4.78, 5) is 8.78. The van der Waals surface area contributed by atoms with Crippen LogP contribution in [0, 0.1) is 6.92 Å². The standard InChI is InChI=1S/C18H24N4O.HI/c1-3-19-18(22-14-16-6-4-5-11-20-16)21-12-13-23-17-9-7-15(2)8-10-17;/h4-11H,3,12-14H2,1-2H3,(H2,19,21,22);1H. The second-order valence-corrected chi connectivity index (χ2v) is 5.10. The van der Waals surface area contributed by atoms with Gasteiger partial charge in [-0.05, 0) is 38.1 Å². The molecule has 2 rings (SSSR count).